The molecule has 0 aliphatic heterocycles. The van der Waals surface area contributed by atoms with Crippen molar-refractivity contribution in [2.24, 2.45) is 11.7 Å². The number of anilines is 1. The van der Waals surface area contributed by atoms with Gasteiger partial charge in [-0.2, -0.15) is 5.26 Å². The van der Waals surface area contributed by atoms with Gasteiger partial charge in [0.25, 0.3) is 5.91 Å². The van der Waals surface area contributed by atoms with Gasteiger partial charge < -0.3 is 15.4 Å². The fourth-order valence-electron chi connectivity index (χ4n) is 3.05. The summed E-state index contributed by atoms with van der Waals surface area (Å²) in [4.78, 5) is 13.4. The van der Waals surface area contributed by atoms with Gasteiger partial charge in [-0.3, -0.25) is 4.79 Å². The van der Waals surface area contributed by atoms with Crippen molar-refractivity contribution in [1.82, 2.24) is 0 Å². The van der Waals surface area contributed by atoms with Gasteiger partial charge in [-0.25, -0.2) is 0 Å². The van der Waals surface area contributed by atoms with Crippen LogP contribution in [0.2, 0.25) is 0 Å². The molecule has 0 radical (unpaired) electrons. The Hall–Kier alpha value is -2.84. The maximum Gasteiger partial charge on any atom is 0.259 e. The predicted molar refractivity (Wildman–Crippen MR) is 135 cm³/mol. The summed E-state index contributed by atoms with van der Waals surface area (Å²) in [7, 11) is 0. The molecule has 174 valence electrons. The molecule has 0 atom stereocenters. The highest BCUT2D eigenvalue weighted by atomic mass is 16.5. The van der Waals surface area contributed by atoms with E-state index in [0.29, 0.717) is 0 Å². The Labute approximate surface area is 193 Å². The Morgan fingerprint density at radius 3 is 2.22 bits per heavy atom. The summed E-state index contributed by atoms with van der Waals surface area (Å²) in [6.45, 7) is 17.8. The fraction of sp³-hybridized carbons (Fsp3) is 0.481. The number of hydrogen-bond donors (Lipinski definition) is 1. The molecule has 0 aromatic heterocycles. The number of rotatable bonds is 8. The van der Waals surface area contributed by atoms with Crippen LogP contribution < -0.4 is 10.6 Å². The number of benzene rings is 2. The van der Waals surface area contributed by atoms with Crippen molar-refractivity contribution in [3.8, 4) is 6.07 Å². The Morgan fingerprint density at radius 2 is 1.72 bits per heavy atom. The molecule has 32 heavy (non-hydrogen) atoms. The largest absolute Gasteiger partial charge is 0.376 e. The third-order valence-corrected chi connectivity index (χ3v) is 4.90. The number of carbonyl (C=O) groups is 1. The first kappa shape index (κ1) is 27.2. The normalized spacial score (nSPS) is 11.7. The number of nitrogens with two attached hydrogens (primary N) is 1. The van der Waals surface area contributed by atoms with Gasteiger partial charge >= 0.3 is 0 Å². The second-order valence-electron chi connectivity index (χ2n) is 9.14. The number of nitriles is 1. The van der Waals surface area contributed by atoms with Gasteiger partial charge in [0.2, 0.25) is 0 Å². The van der Waals surface area contributed by atoms with Crippen LogP contribution in [0.3, 0.4) is 0 Å². The Bertz CT molecular complexity index is 946. The van der Waals surface area contributed by atoms with E-state index in [1.54, 1.807) is 0 Å². The van der Waals surface area contributed by atoms with Crippen LogP contribution >= 0.6 is 0 Å². The van der Waals surface area contributed by atoms with E-state index >= 15 is 0 Å². The van der Waals surface area contributed by atoms with E-state index in [1.807, 2.05) is 24.3 Å². The molecule has 0 fully saturated rings. The van der Waals surface area contributed by atoms with Gasteiger partial charge in [0.05, 0.1) is 5.60 Å². The first-order valence-electron chi connectivity index (χ1n) is 11.3. The number of fused-ring (bicyclic) bond motifs is 1. The Kier molecular flexibility index (Phi) is 10.9. The van der Waals surface area contributed by atoms with Gasteiger partial charge in [0.15, 0.2) is 0 Å². The van der Waals surface area contributed by atoms with Crippen LogP contribution in [0.5, 0.6) is 0 Å². The van der Waals surface area contributed by atoms with Crippen molar-refractivity contribution in [3.05, 3.63) is 47.5 Å². The van der Waals surface area contributed by atoms with Crippen LogP contribution in [-0.4, -0.2) is 31.2 Å². The lowest BCUT2D eigenvalue weighted by atomic mass is 10.0. The van der Waals surface area contributed by atoms with Crippen LogP contribution in [0, 0.1) is 17.2 Å². The molecule has 2 aromatic rings. The number of primary amides is 1. The van der Waals surface area contributed by atoms with Crippen LogP contribution in [0.4, 0.5) is 5.69 Å². The molecule has 5 heteroatoms. The summed E-state index contributed by atoms with van der Waals surface area (Å²) in [6, 6.07) is 13.9. The Balaban J connectivity index is 0.000000433. The molecule has 0 spiro atoms. The molecule has 0 saturated heterocycles. The molecule has 1 amide bonds. The third kappa shape index (κ3) is 9.53. The van der Waals surface area contributed by atoms with Crippen molar-refractivity contribution < 1.29 is 9.53 Å². The highest BCUT2D eigenvalue weighted by Gasteiger charge is 2.09. The Morgan fingerprint density at radius 1 is 1.12 bits per heavy atom. The predicted octanol–water partition coefficient (Wildman–Crippen LogP) is 5.93. The lowest BCUT2D eigenvalue weighted by Gasteiger charge is -2.21. The van der Waals surface area contributed by atoms with E-state index in [4.69, 9.17) is 15.7 Å². The minimum atomic E-state index is -0.709. The van der Waals surface area contributed by atoms with E-state index in [2.05, 4.69) is 71.6 Å². The van der Waals surface area contributed by atoms with Gasteiger partial charge in [0, 0.05) is 25.4 Å². The number of amides is 1. The smallest absolute Gasteiger partial charge is 0.259 e. The molecule has 0 bridgehead atoms. The van der Waals surface area contributed by atoms with Crippen LogP contribution in [0.15, 0.2) is 42.0 Å². The van der Waals surface area contributed by atoms with Crippen molar-refractivity contribution >= 4 is 28.4 Å². The summed E-state index contributed by atoms with van der Waals surface area (Å²) in [6.07, 6.45) is 2.68. The summed E-state index contributed by atoms with van der Waals surface area (Å²) in [5, 5.41) is 11.1. The fourth-order valence-corrected chi connectivity index (χ4v) is 3.05. The minimum absolute atomic E-state index is 0.0366. The quantitative estimate of drug-likeness (QED) is 0.410. The zero-order chi connectivity index (χ0) is 24.3. The highest BCUT2D eigenvalue weighted by Crippen LogP contribution is 2.24. The van der Waals surface area contributed by atoms with Gasteiger partial charge in [-0.1, -0.05) is 32.0 Å². The second-order valence-corrected chi connectivity index (χ2v) is 9.14. The molecular formula is C27H39N3O2. The van der Waals surface area contributed by atoms with Gasteiger partial charge in [-0.15, -0.1) is 0 Å². The van der Waals surface area contributed by atoms with E-state index in [0.717, 1.165) is 48.4 Å². The van der Waals surface area contributed by atoms with E-state index < -0.39 is 5.91 Å². The van der Waals surface area contributed by atoms with Crippen LogP contribution in [0.1, 0.15) is 60.5 Å². The monoisotopic (exact) mass is 437 g/mol. The molecule has 0 aliphatic carbocycles. The van der Waals surface area contributed by atoms with Crippen molar-refractivity contribution in [1.29, 1.82) is 5.26 Å². The van der Waals surface area contributed by atoms with Gasteiger partial charge in [-0.05, 0) is 87.6 Å². The SMILES string of the molecule is CC(C)CCOC(C)(C)C.CCN(CC)c1ccc2cc(/C=C(\C#N)C(N)=O)ccc2c1. The maximum atomic E-state index is 11.1. The second kappa shape index (κ2) is 12.9. The molecule has 0 saturated carbocycles. The zero-order valence-electron chi connectivity index (χ0n) is 20.7. The lowest BCUT2D eigenvalue weighted by Crippen LogP contribution is -2.21. The topological polar surface area (TPSA) is 79.3 Å². The van der Waals surface area contributed by atoms with Crippen LogP contribution in [0.25, 0.3) is 16.8 Å². The summed E-state index contributed by atoms with van der Waals surface area (Å²) in [5.74, 6) is 0.0434. The summed E-state index contributed by atoms with van der Waals surface area (Å²) >= 11 is 0. The van der Waals surface area contributed by atoms with Crippen molar-refractivity contribution in [2.75, 3.05) is 24.6 Å². The number of ether oxygens (including phenoxy) is 1. The van der Waals surface area contributed by atoms with E-state index in [9.17, 15) is 4.79 Å². The molecule has 5 nitrogen and oxygen atoms in total. The van der Waals surface area contributed by atoms with Crippen LogP contribution in [-0.2, 0) is 9.53 Å². The van der Waals surface area contributed by atoms with Crippen molar-refractivity contribution in [2.45, 2.75) is 60.5 Å². The molecule has 2 N–H and O–H groups in total. The average Bonchev–Trinajstić information content (AvgIpc) is 2.71. The van der Waals surface area contributed by atoms with E-state index in [1.165, 1.54) is 11.8 Å². The minimum Gasteiger partial charge on any atom is -0.376 e. The zero-order valence-corrected chi connectivity index (χ0v) is 20.7. The highest BCUT2D eigenvalue weighted by molar-refractivity contribution is 6.01. The first-order chi connectivity index (χ1) is 15.0. The molecule has 2 rings (SSSR count). The standard InChI is InChI=1S/C18H19N3O.C9H20O/c1-3-21(4-2)17-8-7-14-9-13(5-6-15(14)11-17)10-16(12-19)18(20)22;1-8(2)6-7-10-9(3,4)5/h5-11H,3-4H2,1-2H3,(H2,20,22);8H,6-7H2,1-5H3/b16-10+;. The summed E-state index contributed by atoms with van der Waals surface area (Å²) in [5.41, 5.74) is 7.13. The van der Waals surface area contributed by atoms with Crippen molar-refractivity contribution in [3.63, 3.8) is 0 Å². The molecule has 0 aliphatic rings. The molecule has 2 aromatic carbocycles. The first-order valence-corrected chi connectivity index (χ1v) is 11.3. The maximum absolute atomic E-state index is 11.1. The number of carbonyl (C=O) groups excluding carboxylic acids is 1. The molecular weight excluding hydrogens is 398 g/mol. The number of hydrogen-bond acceptors (Lipinski definition) is 4. The molecule has 0 unspecified atom stereocenters. The molecule has 0 heterocycles. The van der Waals surface area contributed by atoms with E-state index in [-0.39, 0.29) is 11.2 Å². The van der Waals surface area contributed by atoms with Gasteiger partial charge in [0.1, 0.15) is 11.6 Å². The summed E-state index contributed by atoms with van der Waals surface area (Å²) < 4.78 is 5.54. The average molecular weight is 438 g/mol. The number of nitrogens with zero attached hydrogens (tertiary/aromatic N) is 2. The third-order valence-electron chi connectivity index (χ3n) is 4.90. The lowest BCUT2D eigenvalue weighted by molar-refractivity contribution is -0.114.